The molecule has 0 aliphatic rings. The molecule has 0 N–H and O–H groups in total. The van der Waals surface area contributed by atoms with Gasteiger partial charge in [-0.15, -0.1) is 0 Å². The van der Waals surface area contributed by atoms with E-state index in [1.165, 1.54) is 31.4 Å². The third-order valence-corrected chi connectivity index (χ3v) is 2.95. The van der Waals surface area contributed by atoms with Crippen LogP contribution in [-0.2, 0) is 12.5 Å². The second-order valence-electron chi connectivity index (χ2n) is 0.689. The monoisotopic (exact) mass is 426 g/mol. The van der Waals surface area contributed by atoms with E-state index in [9.17, 15) is 0 Å². The fraction of sp³-hybridized carbons (Fsp3) is 1.00. The van der Waals surface area contributed by atoms with Crippen LogP contribution in [0.4, 0.5) is 0 Å². The summed E-state index contributed by atoms with van der Waals surface area (Å²) in [5.74, 6) is 0. The third kappa shape index (κ3) is 55.5. The minimum Gasteiger partial charge on any atom is -0.308 e. The zero-order chi connectivity index (χ0) is 10.2. The summed E-state index contributed by atoms with van der Waals surface area (Å²) in [6.45, 7) is 0. The molecule has 0 aliphatic heterocycles. The molecule has 0 aromatic rings. The van der Waals surface area contributed by atoms with Crippen molar-refractivity contribution in [2.75, 3.05) is 21.3 Å². The van der Waals surface area contributed by atoms with Gasteiger partial charge in [0.15, 0.2) is 0 Å². The molecule has 0 heterocycles. The molecule has 0 bridgehead atoms. The summed E-state index contributed by atoms with van der Waals surface area (Å²) in [4.78, 5) is 0. The first kappa shape index (κ1) is 19.9. The highest BCUT2D eigenvalue weighted by molar-refractivity contribution is 9.49. The summed E-state index contributed by atoms with van der Waals surface area (Å²) in [6, 6.07) is 0. The summed E-state index contributed by atoms with van der Waals surface area (Å²) in [5.41, 5.74) is 0. The van der Waals surface area contributed by atoms with Crippen LogP contribution in [0.1, 0.15) is 0 Å². The van der Waals surface area contributed by atoms with Crippen molar-refractivity contribution in [3.63, 3.8) is 0 Å². The SMILES string of the molecule is COSBr.COSBr.COSBr. The molecule has 0 amide bonds. The summed E-state index contributed by atoms with van der Waals surface area (Å²) in [6.07, 6.45) is 0. The van der Waals surface area contributed by atoms with E-state index in [1.807, 2.05) is 0 Å². The van der Waals surface area contributed by atoms with Crippen molar-refractivity contribution < 1.29 is 12.5 Å². The minimum absolute atomic E-state index is 1.17. The average molecular weight is 429 g/mol. The highest BCUT2D eigenvalue weighted by Gasteiger charge is 1.57. The van der Waals surface area contributed by atoms with Crippen LogP contribution in [0.3, 0.4) is 0 Å². The molecule has 78 valence electrons. The standard InChI is InChI=1S/3CH3BrOS/c3*1-3-4-2/h3*1H3. The van der Waals surface area contributed by atoms with Gasteiger partial charge in [0.25, 0.3) is 0 Å². The van der Waals surface area contributed by atoms with Crippen LogP contribution in [0.15, 0.2) is 0 Å². The van der Waals surface area contributed by atoms with Crippen molar-refractivity contribution in [2.45, 2.75) is 0 Å². The fourth-order valence-electron chi connectivity index (χ4n) is 0. The van der Waals surface area contributed by atoms with E-state index in [2.05, 4.69) is 57.0 Å². The fourth-order valence-corrected chi connectivity index (χ4v) is 0. The second kappa shape index (κ2) is 29.2. The zero-order valence-corrected chi connectivity index (χ0v) is 13.8. The van der Waals surface area contributed by atoms with Gasteiger partial charge in [-0.2, -0.15) is 0 Å². The molecule has 0 radical (unpaired) electrons. The molecule has 0 aliphatic carbocycles. The van der Waals surface area contributed by atoms with E-state index in [1.54, 1.807) is 21.3 Å². The van der Waals surface area contributed by atoms with Crippen LogP contribution in [0.25, 0.3) is 0 Å². The Hall–Kier alpha value is 2.37. The van der Waals surface area contributed by atoms with Crippen molar-refractivity contribution in [1.29, 1.82) is 0 Å². The van der Waals surface area contributed by atoms with Gasteiger partial charge in [0.1, 0.15) is 0 Å². The molecule has 9 heteroatoms. The lowest BCUT2D eigenvalue weighted by atomic mass is 11.8. The topological polar surface area (TPSA) is 27.7 Å². The Bertz CT molecular complexity index is 39.5. The van der Waals surface area contributed by atoms with Crippen molar-refractivity contribution >= 4 is 75.9 Å². The third-order valence-electron chi connectivity index (χ3n) is 0.189. The molecule has 0 spiro atoms. The summed E-state index contributed by atoms with van der Waals surface area (Å²) < 4.78 is 13.1. The van der Waals surface area contributed by atoms with Gasteiger partial charge in [-0.25, -0.2) is 0 Å². The Morgan fingerprint density at radius 2 is 0.750 bits per heavy atom. The van der Waals surface area contributed by atoms with Gasteiger partial charge in [0.05, 0.1) is 52.8 Å². The van der Waals surface area contributed by atoms with Crippen LogP contribution in [0.5, 0.6) is 0 Å². The van der Waals surface area contributed by atoms with Crippen molar-refractivity contribution in [2.24, 2.45) is 0 Å². The second-order valence-corrected chi connectivity index (χ2v) is 4.45. The number of hydrogen-bond acceptors (Lipinski definition) is 6. The molecule has 0 aromatic heterocycles. The van der Waals surface area contributed by atoms with E-state index in [0.29, 0.717) is 0 Å². The number of halogens is 3. The first-order chi connectivity index (χ1) is 5.74. The van der Waals surface area contributed by atoms with Crippen molar-refractivity contribution in [3.05, 3.63) is 0 Å². The van der Waals surface area contributed by atoms with Crippen LogP contribution < -0.4 is 0 Å². The maximum Gasteiger partial charge on any atom is 0.0718 e. The number of rotatable bonds is 3. The lowest BCUT2D eigenvalue weighted by molar-refractivity contribution is 0.498. The highest BCUT2D eigenvalue weighted by Crippen LogP contribution is 2.07. The van der Waals surface area contributed by atoms with E-state index in [-0.39, 0.29) is 0 Å². The Morgan fingerprint density at radius 3 is 0.750 bits per heavy atom. The Morgan fingerprint density at radius 1 is 0.667 bits per heavy atom. The zero-order valence-electron chi connectivity index (χ0n) is 6.58. The first-order valence-electron chi connectivity index (χ1n) is 2.19. The average Bonchev–Trinajstić information content (AvgIpc) is 2.18. The molecule has 0 aromatic carbocycles. The highest BCUT2D eigenvalue weighted by atomic mass is 79.9. The van der Waals surface area contributed by atoms with Gasteiger partial charge in [0, 0.05) is 44.4 Å². The molecule has 0 saturated heterocycles. The summed E-state index contributed by atoms with van der Waals surface area (Å²) in [7, 11) is 8.30. The quantitative estimate of drug-likeness (QED) is 0.601. The van der Waals surface area contributed by atoms with Gasteiger partial charge in [-0.1, -0.05) is 0 Å². The lowest BCUT2D eigenvalue weighted by Gasteiger charge is -1.71. The van der Waals surface area contributed by atoms with E-state index in [4.69, 9.17) is 0 Å². The normalized spacial score (nSPS) is 7.50. The smallest absolute Gasteiger partial charge is 0.0718 e. The van der Waals surface area contributed by atoms with E-state index < -0.39 is 0 Å². The summed E-state index contributed by atoms with van der Waals surface area (Å²) in [5, 5.41) is 0. The lowest BCUT2D eigenvalue weighted by Crippen LogP contribution is -1.46. The Labute approximate surface area is 109 Å². The Kier molecular flexibility index (Phi) is 48.4. The van der Waals surface area contributed by atoms with Crippen LogP contribution in [0.2, 0.25) is 0 Å². The maximum absolute atomic E-state index is 4.38. The molecule has 0 rings (SSSR count). The molecule has 0 fully saturated rings. The molecular weight excluding hydrogens is 420 g/mol. The van der Waals surface area contributed by atoms with Crippen molar-refractivity contribution in [3.8, 4) is 0 Å². The molecular formula is C3H9Br3O3S3. The van der Waals surface area contributed by atoms with Crippen molar-refractivity contribution in [1.82, 2.24) is 0 Å². The Balaban J connectivity index is -0.000000101. The van der Waals surface area contributed by atoms with E-state index in [0.717, 1.165) is 0 Å². The molecule has 0 saturated carbocycles. The van der Waals surface area contributed by atoms with Crippen LogP contribution in [0, 0.1) is 0 Å². The molecule has 12 heavy (non-hydrogen) atoms. The molecule has 3 nitrogen and oxygen atoms in total. The van der Waals surface area contributed by atoms with Gasteiger partial charge >= 0.3 is 0 Å². The van der Waals surface area contributed by atoms with Crippen LogP contribution >= 0.6 is 75.9 Å². The largest absolute Gasteiger partial charge is 0.308 e. The van der Waals surface area contributed by atoms with Gasteiger partial charge in [-0.05, 0) is 0 Å². The minimum atomic E-state index is 1.17. The predicted octanol–water partition coefficient (Wildman–Crippen LogP) is 4.77. The van der Waals surface area contributed by atoms with Gasteiger partial charge < -0.3 is 12.5 Å². The number of hydrogen-bond donors (Lipinski definition) is 0. The van der Waals surface area contributed by atoms with Gasteiger partial charge in [-0.3, -0.25) is 0 Å². The maximum atomic E-state index is 4.38. The van der Waals surface area contributed by atoms with E-state index >= 15 is 0 Å². The summed E-state index contributed by atoms with van der Waals surface area (Å²) >= 11 is 8.83. The van der Waals surface area contributed by atoms with Crippen LogP contribution in [-0.4, -0.2) is 21.3 Å². The molecule has 0 unspecified atom stereocenters. The predicted molar refractivity (Wildman–Crippen MR) is 70.6 cm³/mol. The first-order valence-corrected chi connectivity index (χ1v) is 9.94. The van der Waals surface area contributed by atoms with Gasteiger partial charge in [0.2, 0.25) is 0 Å². The molecule has 0 atom stereocenters.